The molecule has 1 aliphatic heterocycles. The molecule has 0 radical (unpaired) electrons. The summed E-state index contributed by atoms with van der Waals surface area (Å²) >= 11 is 0. The van der Waals surface area contributed by atoms with Gasteiger partial charge in [0.05, 0.1) is 12.2 Å². The number of fused-ring (bicyclic) bond motifs is 2. The number of hydrogen-bond acceptors (Lipinski definition) is 4. The Bertz CT molecular complexity index is 695. The summed E-state index contributed by atoms with van der Waals surface area (Å²) in [6.07, 6.45) is 1.79. The molecule has 0 aromatic heterocycles. The van der Waals surface area contributed by atoms with Crippen molar-refractivity contribution in [1.29, 1.82) is 0 Å². The molecule has 0 saturated carbocycles. The number of carbonyl (C=O) groups excluding carboxylic acids is 1. The van der Waals surface area contributed by atoms with Crippen LogP contribution in [-0.4, -0.2) is 12.6 Å². The minimum absolute atomic E-state index is 0.341. The summed E-state index contributed by atoms with van der Waals surface area (Å²) in [6.45, 7) is 2.14. The molecule has 4 heteroatoms. The van der Waals surface area contributed by atoms with Crippen LogP contribution in [0.4, 0.5) is 17.1 Å². The summed E-state index contributed by atoms with van der Waals surface area (Å²) in [5.74, 6) is -0.341. The van der Waals surface area contributed by atoms with Crippen LogP contribution in [0.5, 0.6) is 0 Å². The molecule has 2 aromatic rings. The van der Waals surface area contributed by atoms with E-state index in [0.29, 0.717) is 17.9 Å². The highest BCUT2D eigenvalue weighted by atomic mass is 16.5. The highest BCUT2D eigenvalue weighted by Gasteiger charge is 2.18. The molecule has 0 unspecified atom stereocenters. The van der Waals surface area contributed by atoms with Crippen LogP contribution in [0, 0.1) is 0 Å². The van der Waals surface area contributed by atoms with Gasteiger partial charge < -0.3 is 15.8 Å². The van der Waals surface area contributed by atoms with Gasteiger partial charge in [-0.3, -0.25) is 0 Å². The first-order chi connectivity index (χ1) is 10.2. The first kappa shape index (κ1) is 13.5. The molecule has 1 heterocycles. The fraction of sp³-hybridized carbons (Fsp3) is 0.235. The van der Waals surface area contributed by atoms with Crippen molar-refractivity contribution >= 4 is 23.0 Å². The average molecular weight is 282 g/mol. The monoisotopic (exact) mass is 282 g/mol. The van der Waals surface area contributed by atoms with Crippen molar-refractivity contribution in [3.05, 3.63) is 53.1 Å². The molecule has 0 aliphatic carbocycles. The van der Waals surface area contributed by atoms with Gasteiger partial charge in [-0.1, -0.05) is 18.2 Å². The van der Waals surface area contributed by atoms with E-state index in [0.717, 1.165) is 29.8 Å². The Kier molecular flexibility index (Phi) is 3.52. The Labute approximate surface area is 123 Å². The zero-order valence-corrected chi connectivity index (χ0v) is 12.0. The van der Waals surface area contributed by atoms with E-state index in [9.17, 15) is 4.79 Å². The summed E-state index contributed by atoms with van der Waals surface area (Å²) in [6, 6.07) is 11.7. The number of nitrogens with two attached hydrogens (primary N) is 1. The summed E-state index contributed by atoms with van der Waals surface area (Å²) in [5.41, 5.74) is 11.5. The van der Waals surface area contributed by atoms with Gasteiger partial charge in [-0.15, -0.1) is 0 Å². The Morgan fingerprint density at radius 1 is 1.24 bits per heavy atom. The molecule has 0 amide bonds. The predicted molar refractivity (Wildman–Crippen MR) is 83.9 cm³/mol. The van der Waals surface area contributed by atoms with E-state index >= 15 is 0 Å². The van der Waals surface area contributed by atoms with Crippen LogP contribution in [0.15, 0.2) is 36.4 Å². The third-order valence-corrected chi connectivity index (χ3v) is 3.73. The fourth-order valence-electron chi connectivity index (χ4n) is 2.68. The number of ether oxygens (including phenoxy) is 1. The number of benzene rings is 2. The Balaban J connectivity index is 2.03. The maximum atomic E-state index is 11.9. The first-order valence-electron chi connectivity index (χ1n) is 7.13. The molecule has 3 N–H and O–H groups in total. The Morgan fingerprint density at radius 2 is 2.05 bits per heavy atom. The van der Waals surface area contributed by atoms with Gasteiger partial charge in [0, 0.05) is 17.1 Å². The normalized spacial score (nSPS) is 12.6. The molecule has 21 heavy (non-hydrogen) atoms. The fourth-order valence-corrected chi connectivity index (χ4v) is 2.68. The van der Waals surface area contributed by atoms with E-state index in [2.05, 4.69) is 11.4 Å². The third-order valence-electron chi connectivity index (χ3n) is 3.73. The van der Waals surface area contributed by atoms with Gasteiger partial charge >= 0.3 is 5.97 Å². The lowest BCUT2D eigenvalue weighted by Gasteiger charge is -2.13. The molecule has 108 valence electrons. The van der Waals surface area contributed by atoms with Crippen molar-refractivity contribution in [1.82, 2.24) is 0 Å². The largest absolute Gasteiger partial charge is 0.462 e. The molecule has 4 nitrogen and oxygen atoms in total. The van der Waals surface area contributed by atoms with Crippen molar-refractivity contribution in [2.24, 2.45) is 0 Å². The number of nitrogen functional groups attached to an aromatic ring is 1. The second-order valence-corrected chi connectivity index (χ2v) is 5.09. The maximum Gasteiger partial charge on any atom is 0.338 e. The van der Waals surface area contributed by atoms with Gasteiger partial charge in [-0.2, -0.15) is 0 Å². The third kappa shape index (κ3) is 2.57. The van der Waals surface area contributed by atoms with E-state index in [-0.39, 0.29) is 5.97 Å². The molecule has 0 atom stereocenters. The molecule has 0 bridgehead atoms. The summed E-state index contributed by atoms with van der Waals surface area (Å²) in [7, 11) is 0. The van der Waals surface area contributed by atoms with Crippen LogP contribution in [0.3, 0.4) is 0 Å². The number of hydrogen-bond donors (Lipinski definition) is 2. The number of aryl methyl sites for hydroxylation is 1. The van der Waals surface area contributed by atoms with Crippen LogP contribution in [0.2, 0.25) is 0 Å². The quantitative estimate of drug-likeness (QED) is 0.655. The zero-order valence-electron chi connectivity index (χ0n) is 12.0. The Hall–Kier alpha value is -2.49. The average Bonchev–Trinajstić information content (AvgIpc) is 2.66. The van der Waals surface area contributed by atoms with Crippen molar-refractivity contribution in [3.63, 3.8) is 0 Å². The molecule has 3 rings (SSSR count). The van der Waals surface area contributed by atoms with Crippen LogP contribution >= 0.6 is 0 Å². The number of para-hydroxylation sites is 1. The van der Waals surface area contributed by atoms with Gasteiger partial charge in [0.1, 0.15) is 0 Å². The molecule has 1 aliphatic rings. The van der Waals surface area contributed by atoms with Gasteiger partial charge in [0.25, 0.3) is 0 Å². The minimum atomic E-state index is -0.341. The van der Waals surface area contributed by atoms with E-state index in [4.69, 9.17) is 10.5 Å². The Morgan fingerprint density at radius 3 is 2.86 bits per heavy atom. The first-order valence-corrected chi connectivity index (χ1v) is 7.13. The highest BCUT2D eigenvalue weighted by Crippen LogP contribution is 2.34. The summed E-state index contributed by atoms with van der Waals surface area (Å²) < 4.78 is 5.05. The molecular weight excluding hydrogens is 264 g/mol. The maximum absolute atomic E-state index is 11.9. The van der Waals surface area contributed by atoms with Crippen LogP contribution in [0.25, 0.3) is 0 Å². The number of esters is 1. The number of carbonyl (C=O) groups is 1. The van der Waals surface area contributed by atoms with Crippen LogP contribution < -0.4 is 11.1 Å². The predicted octanol–water partition coefficient (Wildman–Crippen LogP) is 3.29. The van der Waals surface area contributed by atoms with Gasteiger partial charge in [-0.05, 0) is 49.1 Å². The number of nitrogens with one attached hydrogen (secondary N) is 1. The molecule has 0 spiro atoms. The van der Waals surface area contributed by atoms with Crippen LogP contribution in [0.1, 0.15) is 28.4 Å². The smallest absolute Gasteiger partial charge is 0.338 e. The highest BCUT2D eigenvalue weighted by molar-refractivity contribution is 5.93. The van der Waals surface area contributed by atoms with Crippen molar-refractivity contribution in [2.45, 2.75) is 19.8 Å². The van der Waals surface area contributed by atoms with E-state index in [1.54, 1.807) is 13.0 Å². The van der Waals surface area contributed by atoms with Gasteiger partial charge in [0.2, 0.25) is 0 Å². The van der Waals surface area contributed by atoms with Crippen molar-refractivity contribution in [2.75, 3.05) is 17.7 Å². The number of anilines is 3. The van der Waals surface area contributed by atoms with Crippen molar-refractivity contribution < 1.29 is 9.53 Å². The lowest BCUT2D eigenvalue weighted by atomic mass is 10.0. The molecular formula is C17H18N2O2. The van der Waals surface area contributed by atoms with E-state index in [1.807, 2.05) is 24.3 Å². The van der Waals surface area contributed by atoms with Gasteiger partial charge in [0.15, 0.2) is 0 Å². The number of rotatable bonds is 2. The van der Waals surface area contributed by atoms with E-state index < -0.39 is 0 Å². The summed E-state index contributed by atoms with van der Waals surface area (Å²) in [5, 5.41) is 3.39. The summed E-state index contributed by atoms with van der Waals surface area (Å²) in [4.78, 5) is 11.9. The zero-order chi connectivity index (χ0) is 14.8. The second kappa shape index (κ2) is 5.48. The lowest BCUT2D eigenvalue weighted by Crippen LogP contribution is -2.08. The second-order valence-electron chi connectivity index (χ2n) is 5.09. The molecule has 0 fully saturated rings. The van der Waals surface area contributed by atoms with E-state index in [1.165, 1.54) is 5.56 Å². The van der Waals surface area contributed by atoms with Gasteiger partial charge in [-0.25, -0.2) is 4.79 Å². The molecule has 0 saturated heterocycles. The minimum Gasteiger partial charge on any atom is -0.462 e. The SMILES string of the molecule is CCOC(=O)c1cc(N)c2c(c1)Nc1ccccc1CC2. The standard InChI is InChI=1S/C17H18N2O2/c1-2-21-17(20)12-9-14(18)13-8-7-11-5-3-4-6-15(11)19-16(13)10-12/h3-6,9-10,19H,2,7-8,18H2,1H3. The lowest BCUT2D eigenvalue weighted by molar-refractivity contribution is 0.0526. The van der Waals surface area contributed by atoms with Crippen LogP contribution in [-0.2, 0) is 17.6 Å². The van der Waals surface area contributed by atoms with Crippen molar-refractivity contribution in [3.8, 4) is 0 Å². The topological polar surface area (TPSA) is 64.3 Å². The molecule has 2 aromatic carbocycles.